The maximum Gasteiger partial charge on any atom is 0.241 e. The van der Waals surface area contributed by atoms with E-state index in [9.17, 15) is 13.2 Å². The van der Waals surface area contributed by atoms with E-state index in [0.717, 1.165) is 12.0 Å². The van der Waals surface area contributed by atoms with Gasteiger partial charge >= 0.3 is 0 Å². The average molecular weight is 375 g/mol. The molecular formula is C20H26N2O3S. The zero-order valence-corrected chi connectivity index (χ0v) is 16.0. The monoisotopic (exact) mass is 374 g/mol. The van der Waals surface area contributed by atoms with Gasteiger partial charge in [0.05, 0.1) is 17.5 Å². The molecule has 0 aliphatic rings. The molecule has 0 saturated heterocycles. The zero-order valence-electron chi connectivity index (χ0n) is 15.2. The van der Waals surface area contributed by atoms with E-state index < -0.39 is 15.9 Å². The largest absolute Gasteiger partial charge is 0.325 e. The minimum atomic E-state index is -3.30. The lowest BCUT2D eigenvalue weighted by Gasteiger charge is -2.18. The molecule has 0 radical (unpaired) electrons. The van der Waals surface area contributed by atoms with Crippen LogP contribution < -0.4 is 11.1 Å². The first-order valence-corrected chi connectivity index (χ1v) is 10.5. The number of nitrogens with two attached hydrogens (primary N) is 1. The molecule has 0 fully saturated rings. The highest BCUT2D eigenvalue weighted by atomic mass is 32.2. The summed E-state index contributed by atoms with van der Waals surface area (Å²) < 4.78 is 24.9. The van der Waals surface area contributed by atoms with Crippen LogP contribution in [0.4, 0.5) is 5.69 Å². The van der Waals surface area contributed by atoms with Crippen molar-refractivity contribution in [2.24, 2.45) is 11.7 Å². The highest BCUT2D eigenvalue weighted by molar-refractivity contribution is 7.89. The summed E-state index contributed by atoms with van der Waals surface area (Å²) in [6, 6.07) is 15.4. The Hall–Kier alpha value is -2.18. The predicted molar refractivity (Wildman–Crippen MR) is 105 cm³/mol. The molecule has 2 unspecified atom stereocenters. The predicted octanol–water partition coefficient (Wildman–Crippen LogP) is 3.11. The van der Waals surface area contributed by atoms with E-state index in [1.54, 1.807) is 36.4 Å². The molecule has 2 rings (SSSR count). The molecule has 0 saturated carbocycles. The Morgan fingerprint density at radius 3 is 2.31 bits per heavy atom. The fourth-order valence-electron chi connectivity index (χ4n) is 2.61. The minimum absolute atomic E-state index is 0.0106. The smallest absolute Gasteiger partial charge is 0.241 e. The third kappa shape index (κ3) is 5.97. The second kappa shape index (κ2) is 8.96. The van der Waals surface area contributed by atoms with Gasteiger partial charge in [0.25, 0.3) is 0 Å². The zero-order chi connectivity index (χ0) is 19.2. The van der Waals surface area contributed by atoms with Crippen molar-refractivity contribution in [3.63, 3.8) is 0 Å². The van der Waals surface area contributed by atoms with Crippen molar-refractivity contribution >= 4 is 21.4 Å². The van der Waals surface area contributed by atoms with Crippen molar-refractivity contribution in [2.45, 2.75) is 37.8 Å². The van der Waals surface area contributed by atoms with Gasteiger partial charge in [-0.1, -0.05) is 62.7 Å². The van der Waals surface area contributed by atoms with E-state index in [1.807, 2.05) is 32.0 Å². The van der Waals surface area contributed by atoms with E-state index in [-0.39, 0.29) is 23.3 Å². The van der Waals surface area contributed by atoms with Crippen molar-refractivity contribution in [3.05, 3.63) is 65.7 Å². The molecule has 0 heterocycles. The molecule has 0 aliphatic heterocycles. The summed E-state index contributed by atoms with van der Waals surface area (Å²) in [6.07, 6.45) is 0.812. The molecule has 0 aliphatic carbocycles. The molecule has 26 heavy (non-hydrogen) atoms. The summed E-state index contributed by atoms with van der Waals surface area (Å²) in [6.45, 7) is 3.91. The van der Waals surface area contributed by atoms with Crippen molar-refractivity contribution < 1.29 is 13.2 Å². The van der Waals surface area contributed by atoms with Gasteiger partial charge in [-0.15, -0.1) is 0 Å². The minimum Gasteiger partial charge on any atom is -0.325 e. The SMILES string of the molecule is CCC(C)C(N)C(=O)Nc1cccc(CS(=O)(=O)Cc2ccccc2)c1. The fraction of sp³-hybridized carbons (Fsp3) is 0.350. The van der Waals surface area contributed by atoms with Gasteiger partial charge in [-0.25, -0.2) is 8.42 Å². The molecule has 2 aromatic carbocycles. The number of rotatable bonds is 8. The Morgan fingerprint density at radius 2 is 1.65 bits per heavy atom. The van der Waals surface area contributed by atoms with Crippen LogP contribution in [-0.4, -0.2) is 20.4 Å². The molecule has 1 amide bonds. The molecular weight excluding hydrogens is 348 g/mol. The quantitative estimate of drug-likeness (QED) is 0.743. The Kier molecular flexibility index (Phi) is 6.94. The van der Waals surface area contributed by atoms with Gasteiger partial charge in [-0.2, -0.15) is 0 Å². The number of hydrogen-bond acceptors (Lipinski definition) is 4. The number of carbonyl (C=O) groups excluding carboxylic acids is 1. The fourth-order valence-corrected chi connectivity index (χ4v) is 4.10. The number of anilines is 1. The summed E-state index contributed by atoms with van der Waals surface area (Å²) in [5.74, 6) is -0.278. The van der Waals surface area contributed by atoms with E-state index in [4.69, 9.17) is 5.73 Å². The van der Waals surface area contributed by atoms with Crippen LogP contribution in [0.15, 0.2) is 54.6 Å². The van der Waals surface area contributed by atoms with Crippen LogP contribution in [0.1, 0.15) is 31.4 Å². The molecule has 0 bridgehead atoms. The number of sulfone groups is 1. The Bertz CT molecular complexity index is 835. The second-order valence-corrected chi connectivity index (χ2v) is 8.68. The third-order valence-electron chi connectivity index (χ3n) is 4.37. The van der Waals surface area contributed by atoms with Crippen molar-refractivity contribution in [1.82, 2.24) is 0 Å². The maximum atomic E-state index is 12.4. The number of carbonyl (C=O) groups is 1. The van der Waals surface area contributed by atoms with Crippen LogP contribution in [0.3, 0.4) is 0 Å². The molecule has 6 heteroatoms. The number of nitrogens with one attached hydrogen (secondary N) is 1. The highest BCUT2D eigenvalue weighted by Crippen LogP contribution is 2.17. The van der Waals surface area contributed by atoms with Crippen LogP contribution in [0.25, 0.3) is 0 Å². The topological polar surface area (TPSA) is 89.3 Å². The van der Waals surface area contributed by atoms with Gasteiger partial charge in [0, 0.05) is 5.69 Å². The van der Waals surface area contributed by atoms with Crippen LogP contribution >= 0.6 is 0 Å². The van der Waals surface area contributed by atoms with E-state index in [0.29, 0.717) is 11.3 Å². The lowest BCUT2D eigenvalue weighted by Crippen LogP contribution is -2.40. The molecule has 0 aromatic heterocycles. The molecule has 2 aromatic rings. The van der Waals surface area contributed by atoms with Crippen LogP contribution in [-0.2, 0) is 26.1 Å². The maximum absolute atomic E-state index is 12.4. The Balaban J connectivity index is 2.05. The molecule has 140 valence electrons. The van der Waals surface area contributed by atoms with E-state index in [1.165, 1.54) is 0 Å². The summed E-state index contributed by atoms with van der Waals surface area (Å²) >= 11 is 0. The Morgan fingerprint density at radius 1 is 1.04 bits per heavy atom. The van der Waals surface area contributed by atoms with Crippen molar-refractivity contribution in [2.75, 3.05) is 5.32 Å². The standard InChI is InChI=1S/C20H26N2O3S/c1-3-15(2)19(21)20(23)22-18-11-7-10-17(12-18)14-26(24,25)13-16-8-5-4-6-9-16/h4-12,15,19H,3,13-14,21H2,1-2H3,(H,22,23). The molecule has 0 spiro atoms. The number of benzene rings is 2. The van der Waals surface area contributed by atoms with Gasteiger partial charge < -0.3 is 11.1 Å². The van der Waals surface area contributed by atoms with Gasteiger partial charge in [0.2, 0.25) is 5.91 Å². The average Bonchev–Trinajstić information content (AvgIpc) is 2.60. The van der Waals surface area contributed by atoms with Crippen LogP contribution in [0.5, 0.6) is 0 Å². The molecule has 5 nitrogen and oxygen atoms in total. The first-order chi connectivity index (χ1) is 12.3. The first kappa shape index (κ1) is 20.1. The summed E-state index contributed by atoms with van der Waals surface area (Å²) in [5.41, 5.74) is 7.89. The lowest BCUT2D eigenvalue weighted by atomic mass is 9.99. The third-order valence-corrected chi connectivity index (χ3v) is 5.92. The van der Waals surface area contributed by atoms with E-state index >= 15 is 0 Å². The van der Waals surface area contributed by atoms with E-state index in [2.05, 4.69) is 5.32 Å². The van der Waals surface area contributed by atoms with Crippen LogP contribution in [0.2, 0.25) is 0 Å². The summed E-state index contributed by atoms with van der Waals surface area (Å²) in [5, 5.41) is 2.77. The molecule has 2 atom stereocenters. The summed E-state index contributed by atoms with van der Waals surface area (Å²) in [7, 11) is -3.30. The number of amides is 1. The highest BCUT2D eigenvalue weighted by Gasteiger charge is 2.20. The van der Waals surface area contributed by atoms with Gasteiger partial charge in [0.15, 0.2) is 9.84 Å². The number of hydrogen-bond donors (Lipinski definition) is 2. The first-order valence-electron chi connectivity index (χ1n) is 8.70. The van der Waals surface area contributed by atoms with Crippen LogP contribution in [0, 0.1) is 5.92 Å². The van der Waals surface area contributed by atoms with Crippen molar-refractivity contribution in [1.29, 1.82) is 0 Å². The Labute approximate surface area is 155 Å². The lowest BCUT2D eigenvalue weighted by molar-refractivity contribution is -0.118. The van der Waals surface area contributed by atoms with Gasteiger partial charge in [0.1, 0.15) is 0 Å². The van der Waals surface area contributed by atoms with Gasteiger partial charge in [-0.05, 0) is 29.2 Å². The van der Waals surface area contributed by atoms with Crippen molar-refractivity contribution in [3.8, 4) is 0 Å². The molecule has 3 N–H and O–H groups in total. The second-order valence-electron chi connectivity index (χ2n) is 6.62. The van der Waals surface area contributed by atoms with Gasteiger partial charge in [-0.3, -0.25) is 4.79 Å². The summed E-state index contributed by atoms with van der Waals surface area (Å²) in [4.78, 5) is 12.2. The normalized spacial score (nSPS) is 13.8.